The summed E-state index contributed by atoms with van der Waals surface area (Å²) in [6.07, 6.45) is 5.96. The highest BCUT2D eigenvalue weighted by molar-refractivity contribution is 6.21. The van der Waals surface area contributed by atoms with Crippen LogP contribution in [0.15, 0.2) is 53.9 Å². The fourth-order valence-corrected chi connectivity index (χ4v) is 2.50. The number of aliphatic hydroxyl groups is 1. The number of imide groups is 1. The monoisotopic (exact) mass is 340 g/mol. The van der Waals surface area contributed by atoms with E-state index in [9.17, 15) is 9.59 Å². The van der Waals surface area contributed by atoms with Crippen molar-refractivity contribution >= 4 is 18.0 Å². The van der Waals surface area contributed by atoms with Gasteiger partial charge in [0.15, 0.2) is 25.7 Å². The number of hydrogen-bond donors (Lipinski definition) is 1. The minimum atomic E-state index is -0.375. The second-order valence-electron chi connectivity index (χ2n) is 5.52. The van der Waals surface area contributed by atoms with Crippen LogP contribution >= 0.6 is 0 Å². The van der Waals surface area contributed by atoms with Crippen LogP contribution in [-0.4, -0.2) is 41.4 Å². The van der Waals surface area contributed by atoms with Gasteiger partial charge >= 0.3 is 0 Å². The first-order valence-corrected chi connectivity index (χ1v) is 7.91. The third-order valence-electron chi connectivity index (χ3n) is 3.83. The van der Waals surface area contributed by atoms with Gasteiger partial charge in [0.2, 0.25) is 0 Å². The van der Waals surface area contributed by atoms with E-state index in [4.69, 9.17) is 9.94 Å². The molecule has 1 aliphatic heterocycles. The standard InChI is InChI=1S/C18H18N3O4/c22-11-3-8-20-9-6-14(7-10-20)12-19-25-13-21-17(23)15-4-1-2-5-16(15)18(21)24/h1-2,4-7,9-10,12,22H,3,8,11,13H2/q+1/b19-12+. The number of fused-ring (bicyclic) bond motifs is 1. The molecule has 2 heterocycles. The Bertz CT molecular complexity index is 767. The molecule has 0 bridgehead atoms. The fraction of sp³-hybridized carbons (Fsp3) is 0.222. The lowest BCUT2D eigenvalue weighted by molar-refractivity contribution is -0.697. The van der Waals surface area contributed by atoms with Crippen molar-refractivity contribution in [2.45, 2.75) is 13.0 Å². The van der Waals surface area contributed by atoms with Gasteiger partial charge in [0.25, 0.3) is 11.8 Å². The van der Waals surface area contributed by atoms with E-state index >= 15 is 0 Å². The molecule has 0 saturated heterocycles. The van der Waals surface area contributed by atoms with Crippen molar-refractivity contribution in [2.24, 2.45) is 5.16 Å². The summed E-state index contributed by atoms with van der Waals surface area (Å²) in [5, 5.41) is 12.6. The minimum Gasteiger partial charge on any atom is -0.396 e. The third-order valence-corrected chi connectivity index (χ3v) is 3.83. The number of pyridine rings is 1. The van der Waals surface area contributed by atoms with Crippen LogP contribution in [0.25, 0.3) is 0 Å². The molecule has 1 aromatic carbocycles. The summed E-state index contributed by atoms with van der Waals surface area (Å²) < 4.78 is 1.95. The summed E-state index contributed by atoms with van der Waals surface area (Å²) in [5.74, 6) is -0.749. The predicted octanol–water partition coefficient (Wildman–Crippen LogP) is 0.961. The Hall–Kier alpha value is -3.06. The largest absolute Gasteiger partial charge is 0.396 e. The highest BCUT2D eigenvalue weighted by atomic mass is 16.6. The number of aliphatic hydroxyl groups excluding tert-OH is 1. The van der Waals surface area contributed by atoms with Gasteiger partial charge in [0, 0.05) is 30.7 Å². The van der Waals surface area contributed by atoms with Gasteiger partial charge in [0.1, 0.15) is 0 Å². The molecule has 7 nitrogen and oxygen atoms in total. The molecule has 0 saturated carbocycles. The molecule has 0 aliphatic carbocycles. The minimum absolute atomic E-state index is 0.155. The molecule has 0 spiro atoms. The van der Waals surface area contributed by atoms with E-state index in [1.54, 1.807) is 24.3 Å². The van der Waals surface area contributed by atoms with Crippen molar-refractivity contribution in [3.8, 4) is 0 Å². The molecular formula is C18H18N3O4+. The van der Waals surface area contributed by atoms with Gasteiger partial charge in [-0.1, -0.05) is 17.3 Å². The highest BCUT2D eigenvalue weighted by Crippen LogP contribution is 2.21. The molecule has 128 valence electrons. The lowest BCUT2D eigenvalue weighted by atomic mass is 10.1. The molecule has 1 N–H and O–H groups in total. The van der Waals surface area contributed by atoms with Gasteiger partial charge in [-0.3, -0.25) is 9.59 Å². The molecule has 1 aromatic heterocycles. The predicted molar refractivity (Wildman–Crippen MR) is 88.8 cm³/mol. The Morgan fingerprint density at radius 1 is 1.08 bits per heavy atom. The van der Waals surface area contributed by atoms with Crippen molar-refractivity contribution in [3.05, 3.63) is 65.5 Å². The number of carbonyl (C=O) groups is 2. The van der Waals surface area contributed by atoms with Crippen LogP contribution in [0.3, 0.4) is 0 Å². The summed E-state index contributed by atoms with van der Waals surface area (Å²) in [5.41, 5.74) is 1.59. The maximum Gasteiger partial charge on any atom is 0.264 e. The number of amides is 2. The topological polar surface area (TPSA) is 83.1 Å². The van der Waals surface area contributed by atoms with E-state index in [2.05, 4.69) is 5.16 Å². The van der Waals surface area contributed by atoms with E-state index in [-0.39, 0.29) is 25.2 Å². The van der Waals surface area contributed by atoms with Gasteiger partial charge in [-0.15, -0.1) is 0 Å². The van der Waals surface area contributed by atoms with E-state index < -0.39 is 0 Å². The average Bonchev–Trinajstić information content (AvgIpc) is 2.89. The maximum atomic E-state index is 12.1. The maximum absolute atomic E-state index is 12.1. The van der Waals surface area contributed by atoms with Gasteiger partial charge in [-0.2, -0.15) is 0 Å². The van der Waals surface area contributed by atoms with E-state index in [1.165, 1.54) is 6.21 Å². The number of rotatable bonds is 7. The quantitative estimate of drug-likeness (QED) is 0.352. The Morgan fingerprint density at radius 2 is 1.72 bits per heavy atom. The molecule has 0 radical (unpaired) electrons. The molecule has 0 atom stereocenters. The van der Waals surface area contributed by atoms with Crippen LogP contribution in [0, 0.1) is 0 Å². The van der Waals surface area contributed by atoms with Crippen LogP contribution in [0.4, 0.5) is 0 Å². The number of hydrogen-bond acceptors (Lipinski definition) is 5. The molecule has 0 fully saturated rings. The first kappa shape index (κ1) is 16.8. The molecular weight excluding hydrogens is 322 g/mol. The SMILES string of the molecule is O=C1c2ccccc2C(=O)N1CO/N=C/c1cc[n+](CCCO)cc1. The van der Waals surface area contributed by atoms with Crippen molar-refractivity contribution < 1.29 is 24.1 Å². The highest BCUT2D eigenvalue weighted by Gasteiger charge is 2.35. The first-order chi connectivity index (χ1) is 12.2. The zero-order valence-corrected chi connectivity index (χ0v) is 13.5. The van der Waals surface area contributed by atoms with Crippen LogP contribution < -0.4 is 4.57 Å². The van der Waals surface area contributed by atoms with Crippen LogP contribution in [-0.2, 0) is 11.4 Å². The number of benzene rings is 1. The second kappa shape index (κ2) is 7.67. The van der Waals surface area contributed by atoms with E-state index in [0.29, 0.717) is 17.5 Å². The molecule has 2 aromatic rings. The van der Waals surface area contributed by atoms with Crippen molar-refractivity contribution in [1.82, 2.24) is 4.90 Å². The van der Waals surface area contributed by atoms with Crippen molar-refractivity contribution in [1.29, 1.82) is 0 Å². The fourth-order valence-electron chi connectivity index (χ4n) is 2.50. The van der Waals surface area contributed by atoms with Crippen molar-refractivity contribution in [2.75, 3.05) is 13.3 Å². The summed E-state index contributed by atoms with van der Waals surface area (Å²) in [4.78, 5) is 30.4. The molecule has 0 unspecified atom stereocenters. The van der Waals surface area contributed by atoms with Crippen molar-refractivity contribution in [3.63, 3.8) is 0 Å². The number of nitrogens with zero attached hydrogens (tertiary/aromatic N) is 3. The Kier molecular flexibility index (Phi) is 5.15. The first-order valence-electron chi connectivity index (χ1n) is 7.91. The molecule has 3 rings (SSSR count). The lowest BCUT2D eigenvalue weighted by Gasteiger charge is -2.11. The van der Waals surface area contributed by atoms with Crippen LogP contribution in [0.1, 0.15) is 32.7 Å². The zero-order chi connectivity index (χ0) is 17.6. The van der Waals surface area contributed by atoms with Crippen LogP contribution in [0.5, 0.6) is 0 Å². The zero-order valence-electron chi connectivity index (χ0n) is 13.5. The Labute approximate surface area is 144 Å². The summed E-state index contributed by atoms with van der Waals surface area (Å²) in [6, 6.07) is 10.4. The Balaban J connectivity index is 1.54. The lowest BCUT2D eigenvalue weighted by Crippen LogP contribution is -2.33. The number of aryl methyl sites for hydroxylation is 1. The summed E-state index contributed by atoms with van der Waals surface area (Å²) in [7, 11) is 0. The average molecular weight is 340 g/mol. The smallest absolute Gasteiger partial charge is 0.264 e. The van der Waals surface area contributed by atoms with E-state index in [0.717, 1.165) is 17.0 Å². The number of aromatic nitrogens is 1. The van der Waals surface area contributed by atoms with Crippen LogP contribution in [0.2, 0.25) is 0 Å². The van der Waals surface area contributed by atoms with Gasteiger partial charge < -0.3 is 9.94 Å². The molecule has 2 amide bonds. The normalized spacial score (nSPS) is 13.6. The third kappa shape index (κ3) is 3.72. The molecule has 25 heavy (non-hydrogen) atoms. The van der Waals surface area contributed by atoms with E-state index in [1.807, 2.05) is 29.1 Å². The van der Waals surface area contributed by atoms with Gasteiger partial charge in [-0.25, -0.2) is 9.47 Å². The number of carbonyl (C=O) groups excluding carboxylic acids is 2. The Morgan fingerprint density at radius 3 is 2.32 bits per heavy atom. The molecule has 1 aliphatic rings. The second-order valence-corrected chi connectivity index (χ2v) is 5.52. The van der Waals surface area contributed by atoms with Gasteiger partial charge in [0.05, 0.1) is 17.3 Å². The number of oxime groups is 1. The van der Waals surface area contributed by atoms with Gasteiger partial charge in [-0.05, 0) is 12.1 Å². The summed E-state index contributed by atoms with van der Waals surface area (Å²) in [6.45, 7) is 0.665. The molecule has 7 heteroatoms. The summed E-state index contributed by atoms with van der Waals surface area (Å²) >= 11 is 0.